The fraction of sp³-hybridized carbons (Fsp3) is 0.600. The van der Waals surface area contributed by atoms with Crippen molar-refractivity contribution in [2.45, 2.75) is 39.2 Å². The minimum atomic E-state index is -0.269. The molecule has 15 heavy (non-hydrogen) atoms. The average molecular weight is 210 g/mol. The molecule has 0 bridgehead atoms. The summed E-state index contributed by atoms with van der Waals surface area (Å²) < 4.78 is 1.88. The summed E-state index contributed by atoms with van der Waals surface area (Å²) in [6.45, 7) is 6.04. The number of hydrazine groups is 1. The molecule has 0 aromatic carbocycles. The number of carbonyl (C=O) groups is 1. The zero-order valence-electron chi connectivity index (χ0n) is 9.40. The highest BCUT2D eigenvalue weighted by Gasteiger charge is 2.20. The van der Waals surface area contributed by atoms with E-state index in [9.17, 15) is 4.79 Å². The molecule has 84 valence electrons. The van der Waals surface area contributed by atoms with Gasteiger partial charge in [0.25, 0.3) is 5.91 Å². The lowest BCUT2D eigenvalue weighted by atomic mass is 10.1. The van der Waals surface area contributed by atoms with Crippen molar-refractivity contribution in [3.05, 3.63) is 18.2 Å². The maximum atomic E-state index is 11.5. The summed E-state index contributed by atoms with van der Waals surface area (Å²) in [5, 5.41) is 0. The third kappa shape index (κ3) is 2.36. The normalized spacial score (nSPS) is 12.9. The van der Waals surface area contributed by atoms with Crippen molar-refractivity contribution in [2.24, 2.45) is 5.84 Å². The van der Waals surface area contributed by atoms with Gasteiger partial charge in [-0.2, -0.15) is 0 Å². The number of nitrogens with zero attached hydrogens (tertiary/aromatic N) is 2. The molecule has 1 aromatic rings. The number of amides is 1. The van der Waals surface area contributed by atoms with Gasteiger partial charge >= 0.3 is 0 Å². The van der Waals surface area contributed by atoms with Crippen LogP contribution in [0, 0.1) is 0 Å². The Kier molecular flexibility index (Phi) is 3.85. The Hall–Kier alpha value is -1.36. The summed E-state index contributed by atoms with van der Waals surface area (Å²) in [6, 6.07) is -0.269. The van der Waals surface area contributed by atoms with Crippen molar-refractivity contribution in [3.63, 3.8) is 0 Å². The summed E-state index contributed by atoms with van der Waals surface area (Å²) in [4.78, 5) is 15.8. The van der Waals surface area contributed by atoms with Gasteiger partial charge in [-0.15, -0.1) is 0 Å². The van der Waals surface area contributed by atoms with Crippen molar-refractivity contribution in [1.82, 2.24) is 15.0 Å². The van der Waals surface area contributed by atoms with E-state index >= 15 is 0 Å². The van der Waals surface area contributed by atoms with Gasteiger partial charge in [0.05, 0.1) is 0 Å². The van der Waals surface area contributed by atoms with Crippen LogP contribution in [0.1, 0.15) is 45.0 Å². The first-order valence-electron chi connectivity index (χ1n) is 5.15. The molecule has 0 fully saturated rings. The van der Waals surface area contributed by atoms with E-state index in [-0.39, 0.29) is 11.9 Å². The number of aromatic nitrogens is 2. The molecule has 0 spiro atoms. The molecule has 0 saturated heterocycles. The minimum Gasteiger partial charge on any atom is -0.322 e. The quantitative estimate of drug-likeness (QED) is 0.441. The lowest BCUT2D eigenvalue weighted by Crippen LogP contribution is -2.37. The van der Waals surface area contributed by atoms with Crippen LogP contribution in [0.4, 0.5) is 0 Å². The summed E-state index contributed by atoms with van der Waals surface area (Å²) in [5.74, 6) is 6.16. The number of rotatable bonds is 4. The van der Waals surface area contributed by atoms with E-state index in [4.69, 9.17) is 5.84 Å². The molecule has 1 atom stereocenters. The number of nitrogens with two attached hydrogens (primary N) is 1. The van der Waals surface area contributed by atoms with Crippen molar-refractivity contribution in [3.8, 4) is 0 Å². The van der Waals surface area contributed by atoms with Gasteiger partial charge in [-0.25, -0.2) is 10.8 Å². The van der Waals surface area contributed by atoms with Crippen molar-refractivity contribution >= 4 is 5.91 Å². The van der Waals surface area contributed by atoms with Crippen LogP contribution >= 0.6 is 0 Å². The Morgan fingerprint density at radius 2 is 2.33 bits per heavy atom. The Balaban J connectivity index is 3.01. The fourth-order valence-corrected chi connectivity index (χ4v) is 1.64. The molecule has 1 unspecified atom stereocenters. The molecule has 1 rings (SSSR count). The molecule has 1 amide bonds. The topological polar surface area (TPSA) is 72.9 Å². The van der Waals surface area contributed by atoms with Gasteiger partial charge in [0.15, 0.2) is 0 Å². The maximum Gasteiger partial charge on any atom is 0.256 e. The van der Waals surface area contributed by atoms with Gasteiger partial charge in [-0.05, 0) is 6.42 Å². The number of hydrogen-bond donors (Lipinski definition) is 2. The van der Waals surface area contributed by atoms with E-state index in [2.05, 4.69) is 10.4 Å². The van der Waals surface area contributed by atoms with Crippen LogP contribution in [-0.4, -0.2) is 15.5 Å². The zero-order valence-corrected chi connectivity index (χ0v) is 9.40. The van der Waals surface area contributed by atoms with Gasteiger partial charge in [0, 0.05) is 18.3 Å². The molecule has 0 aliphatic carbocycles. The maximum absolute atomic E-state index is 11.5. The third-order valence-corrected chi connectivity index (χ3v) is 2.38. The zero-order chi connectivity index (χ0) is 11.4. The van der Waals surface area contributed by atoms with Crippen molar-refractivity contribution in [1.29, 1.82) is 0 Å². The Morgan fingerprint density at radius 3 is 2.80 bits per heavy atom. The van der Waals surface area contributed by atoms with E-state index < -0.39 is 0 Å². The molecule has 1 aromatic heterocycles. The Labute approximate surface area is 89.6 Å². The molecule has 5 heteroatoms. The highest BCUT2D eigenvalue weighted by atomic mass is 16.2. The van der Waals surface area contributed by atoms with Crippen LogP contribution in [0.25, 0.3) is 0 Å². The van der Waals surface area contributed by atoms with E-state index in [1.807, 2.05) is 31.5 Å². The molecule has 0 aliphatic heterocycles. The molecule has 5 nitrogen and oxygen atoms in total. The summed E-state index contributed by atoms with van der Waals surface area (Å²) in [6.07, 6.45) is 4.22. The van der Waals surface area contributed by atoms with Gasteiger partial charge in [0.1, 0.15) is 11.9 Å². The minimum absolute atomic E-state index is 0.183. The fourth-order valence-electron chi connectivity index (χ4n) is 1.64. The van der Waals surface area contributed by atoms with E-state index in [1.54, 1.807) is 6.20 Å². The molecular formula is C10H18N4O. The van der Waals surface area contributed by atoms with Crippen LogP contribution < -0.4 is 11.3 Å². The monoisotopic (exact) mass is 210 g/mol. The average Bonchev–Trinajstić information content (AvgIpc) is 2.67. The van der Waals surface area contributed by atoms with Gasteiger partial charge < -0.3 is 4.57 Å². The first-order valence-corrected chi connectivity index (χ1v) is 5.15. The summed E-state index contributed by atoms with van der Waals surface area (Å²) in [7, 11) is 0. The van der Waals surface area contributed by atoms with Crippen molar-refractivity contribution in [2.75, 3.05) is 0 Å². The molecule has 1 heterocycles. The van der Waals surface area contributed by atoms with E-state index in [1.165, 1.54) is 0 Å². The van der Waals surface area contributed by atoms with Gasteiger partial charge in [-0.1, -0.05) is 20.8 Å². The third-order valence-electron chi connectivity index (χ3n) is 2.38. The Morgan fingerprint density at radius 1 is 1.67 bits per heavy atom. The predicted molar refractivity (Wildman–Crippen MR) is 58.0 cm³/mol. The molecule has 3 N–H and O–H groups in total. The van der Waals surface area contributed by atoms with Crippen LogP contribution in [0.3, 0.4) is 0 Å². The molecular weight excluding hydrogens is 192 g/mol. The van der Waals surface area contributed by atoms with E-state index in [0.29, 0.717) is 12.3 Å². The molecule has 0 radical (unpaired) electrons. The highest BCUT2D eigenvalue weighted by Crippen LogP contribution is 2.19. The summed E-state index contributed by atoms with van der Waals surface area (Å²) >= 11 is 0. The number of imidazole rings is 1. The largest absolute Gasteiger partial charge is 0.322 e. The second-order valence-corrected chi connectivity index (χ2v) is 3.78. The SMILES string of the molecule is CCC(C(=O)NN)n1ccnc1C(C)C. The van der Waals surface area contributed by atoms with Gasteiger partial charge in [-0.3, -0.25) is 10.2 Å². The lowest BCUT2D eigenvalue weighted by Gasteiger charge is -2.18. The van der Waals surface area contributed by atoms with Crippen molar-refractivity contribution < 1.29 is 4.79 Å². The molecule has 0 aliphatic rings. The van der Waals surface area contributed by atoms with Crippen LogP contribution in [0.2, 0.25) is 0 Å². The predicted octanol–water partition coefficient (Wildman–Crippen LogP) is 0.947. The number of carbonyl (C=O) groups excluding carboxylic acids is 1. The lowest BCUT2D eigenvalue weighted by molar-refractivity contribution is -0.124. The molecule has 0 saturated carbocycles. The summed E-state index contributed by atoms with van der Waals surface area (Å²) in [5.41, 5.74) is 2.18. The standard InChI is InChI=1S/C10H18N4O/c1-4-8(10(15)13-11)14-6-5-12-9(14)7(2)3/h5-8H,4,11H2,1-3H3,(H,13,15). The second-order valence-electron chi connectivity index (χ2n) is 3.78. The van der Waals surface area contributed by atoms with Crippen LogP contribution in [-0.2, 0) is 4.79 Å². The Bertz CT molecular complexity index is 332. The number of nitrogens with one attached hydrogen (secondary N) is 1. The smallest absolute Gasteiger partial charge is 0.256 e. The van der Waals surface area contributed by atoms with Crippen LogP contribution in [0.15, 0.2) is 12.4 Å². The first-order chi connectivity index (χ1) is 7.11. The first kappa shape index (κ1) is 11.7. The van der Waals surface area contributed by atoms with Crippen LogP contribution in [0.5, 0.6) is 0 Å². The highest BCUT2D eigenvalue weighted by molar-refractivity contribution is 5.79. The second kappa shape index (κ2) is 4.93. The number of hydrogen-bond acceptors (Lipinski definition) is 3. The van der Waals surface area contributed by atoms with Gasteiger partial charge in [0.2, 0.25) is 0 Å². The van der Waals surface area contributed by atoms with E-state index in [0.717, 1.165) is 5.82 Å².